The molecule has 1 unspecified atom stereocenters. The summed E-state index contributed by atoms with van der Waals surface area (Å²) < 4.78 is 12.0. The second-order valence-electron chi connectivity index (χ2n) is 7.78. The number of rotatable bonds is 7. The van der Waals surface area contributed by atoms with Gasteiger partial charge in [0.25, 0.3) is 0 Å². The minimum absolute atomic E-state index is 0.166. The molecule has 25 heavy (non-hydrogen) atoms. The van der Waals surface area contributed by atoms with E-state index in [-0.39, 0.29) is 10.2 Å². The fraction of sp³-hybridized carbons (Fsp3) is 0.650. The standard InChI is InChI=1S/C20H33N3OS/c1-5-21-18(22-14-15-25(24)19(2,3)4)23-16-20(12-9-13-20)17-10-7-6-8-11-17/h6-8,10-11H,5,9,12-16H2,1-4H3,(H2,21,22,23). The zero-order valence-corrected chi connectivity index (χ0v) is 16.9. The maximum atomic E-state index is 12.2. The van der Waals surface area contributed by atoms with Crippen LogP contribution < -0.4 is 10.6 Å². The fourth-order valence-electron chi connectivity index (χ4n) is 3.07. The van der Waals surface area contributed by atoms with E-state index < -0.39 is 10.8 Å². The van der Waals surface area contributed by atoms with Crippen LogP contribution in [0, 0.1) is 0 Å². The van der Waals surface area contributed by atoms with Crippen molar-refractivity contribution in [3.8, 4) is 0 Å². The van der Waals surface area contributed by atoms with Gasteiger partial charge in [0.05, 0.1) is 6.54 Å². The van der Waals surface area contributed by atoms with Crippen LogP contribution in [0.1, 0.15) is 52.5 Å². The Kier molecular flexibility index (Phi) is 7.05. The van der Waals surface area contributed by atoms with Gasteiger partial charge in [-0.25, -0.2) is 0 Å². The largest absolute Gasteiger partial charge is 0.357 e. The van der Waals surface area contributed by atoms with E-state index in [4.69, 9.17) is 4.99 Å². The first-order valence-electron chi connectivity index (χ1n) is 9.33. The summed E-state index contributed by atoms with van der Waals surface area (Å²) >= 11 is 0. The molecule has 4 nitrogen and oxygen atoms in total. The van der Waals surface area contributed by atoms with Crippen LogP contribution in [0.2, 0.25) is 0 Å². The van der Waals surface area contributed by atoms with Crippen LogP contribution in [0.15, 0.2) is 35.3 Å². The van der Waals surface area contributed by atoms with E-state index >= 15 is 0 Å². The third kappa shape index (κ3) is 5.56. The molecule has 1 atom stereocenters. The molecule has 0 spiro atoms. The summed E-state index contributed by atoms with van der Waals surface area (Å²) in [4.78, 5) is 4.84. The number of benzene rings is 1. The Morgan fingerprint density at radius 2 is 1.88 bits per heavy atom. The van der Waals surface area contributed by atoms with Crippen molar-refractivity contribution in [2.45, 2.75) is 57.1 Å². The quantitative estimate of drug-likeness (QED) is 0.578. The Morgan fingerprint density at radius 3 is 2.40 bits per heavy atom. The minimum Gasteiger partial charge on any atom is -0.357 e. The molecule has 140 valence electrons. The van der Waals surface area contributed by atoms with Crippen molar-refractivity contribution in [1.82, 2.24) is 10.6 Å². The molecule has 2 rings (SSSR count). The number of hydrogen-bond donors (Lipinski definition) is 2. The first-order chi connectivity index (χ1) is 11.9. The maximum absolute atomic E-state index is 12.2. The van der Waals surface area contributed by atoms with Gasteiger partial charge in [0.1, 0.15) is 0 Å². The molecule has 1 aromatic carbocycles. The molecule has 1 saturated carbocycles. The van der Waals surface area contributed by atoms with Gasteiger partial charge in [-0.3, -0.25) is 9.20 Å². The van der Waals surface area contributed by atoms with Gasteiger partial charge in [0.15, 0.2) is 5.96 Å². The third-order valence-corrected chi connectivity index (χ3v) is 6.78. The summed E-state index contributed by atoms with van der Waals surface area (Å²) in [6, 6.07) is 10.7. The minimum atomic E-state index is -0.844. The van der Waals surface area contributed by atoms with Crippen LogP contribution in [-0.4, -0.2) is 40.3 Å². The number of nitrogens with one attached hydrogen (secondary N) is 2. The molecule has 5 heteroatoms. The third-order valence-electron chi connectivity index (χ3n) is 4.84. The van der Waals surface area contributed by atoms with Crippen molar-refractivity contribution in [3.63, 3.8) is 0 Å². The summed E-state index contributed by atoms with van der Waals surface area (Å²) in [6.45, 7) is 10.4. The summed E-state index contributed by atoms with van der Waals surface area (Å²) in [6.07, 6.45) is 3.68. The highest BCUT2D eigenvalue weighted by molar-refractivity contribution is 7.86. The fourth-order valence-corrected chi connectivity index (χ4v) is 3.97. The van der Waals surface area contributed by atoms with Crippen molar-refractivity contribution in [3.05, 3.63) is 35.9 Å². The molecule has 0 saturated heterocycles. The first-order valence-corrected chi connectivity index (χ1v) is 10.7. The highest BCUT2D eigenvalue weighted by Crippen LogP contribution is 2.43. The predicted octanol–water partition coefficient (Wildman–Crippen LogP) is 3.21. The molecular formula is C20H33N3OS. The van der Waals surface area contributed by atoms with Crippen LogP contribution in [0.5, 0.6) is 0 Å². The van der Waals surface area contributed by atoms with Crippen molar-refractivity contribution in [2.75, 3.05) is 25.4 Å². The van der Waals surface area contributed by atoms with Gasteiger partial charge in [-0.2, -0.15) is 0 Å². The van der Waals surface area contributed by atoms with E-state index in [9.17, 15) is 4.21 Å². The molecular weight excluding hydrogens is 330 g/mol. The SMILES string of the molecule is CCNC(=NCC1(c2ccccc2)CCC1)NCCS(=O)C(C)(C)C. The first kappa shape index (κ1) is 20.0. The average molecular weight is 364 g/mol. The van der Waals surface area contributed by atoms with Gasteiger partial charge in [0.2, 0.25) is 0 Å². The smallest absolute Gasteiger partial charge is 0.191 e. The zero-order chi connectivity index (χ0) is 18.3. The molecule has 1 aliphatic rings. The lowest BCUT2D eigenvalue weighted by atomic mass is 9.64. The van der Waals surface area contributed by atoms with Crippen LogP contribution in [0.4, 0.5) is 0 Å². The second kappa shape index (κ2) is 8.84. The van der Waals surface area contributed by atoms with Crippen molar-refractivity contribution < 1.29 is 4.21 Å². The van der Waals surface area contributed by atoms with Crippen molar-refractivity contribution in [2.24, 2.45) is 4.99 Å². The van der Waals surface area contributed by atoms with Crippen LogP contribution in [0.3, 0.4) is 0 Å². The lowest BCUT2D eigenvalue weighted by molar-refractivity contribution is 0.253. The number of hydrogen-bond acceptors (Lipinski definition) is 2. The van der Waals surface area contributed by atoms with Gasteiger partial charge in [-0.05, 0) is 46.1 Å². The van der Waals surface area contributed by atoms with Crippen LogP contribution in [0.25, 0.3) is 0 Å². The van der Waals surface area contributed by atoms with Gasteiger partial charge < -0.3 is 10.6 Å². The summed E-state index contributed by atoms with van der Waals surface area (Å²) in [5, 5.41) is 6.65. The molecule has 1 aromatic rings. The number of guanidine groups is 1. The number of nitrogens with zero attached hydrogens (tertiary/aromatic N) is 1. The van der Waals surface area contributed by atoms with Crippen LogP contribution in [-0.2, 0) is 16.2 Å². The molecule has 0 radical (unpaired) electrons. The topological polar surface area (TPSA) is 53.5 Å². The van der Waals surface area contributed by atoms with E-state index in [0.29, 0.717) is 12.3 Å². The van der Waals surface area contributed by atoms with E-state index in [2.05, 4.69) is 47.9 Å². The normalized spacial score (nSPS) is 18.3. The summed E-state index contributed by atoms with van der Waals surface area (Å²) in [5.41, 5.74) is 1.59. The zero-order valence-electron chi connectivity index (χ0n) is 16.1. The highest BCUT2D eigenvalue weighted by atomic mass is 32.2. The Labute approximate surface area is 155 Å². The second-order valence-corrected chi connectivity index (χ2v) is 10.1. The predicted molar refractivity (Wildman–Crippen MR) is 109 cm³/mol. The van der Waals surface area contributed by atoms with Crippen molar-refractivity contribution in [1.29, 1.82) is 0 Å². The number of aliphatic imine (C=N–C) groups is 1. The van der Waals surface area contributed by atoms with Gasteiger partial charge in [-0.1, -0.05) is 36.8 Å². The van der Waals surface area contributed by atoms with E-state index in [1.165, 1.54) is 24.8 Å². The Bertz CT molecular complexity index is 589. The van der Waals surface area contributed by atoms with Gasteiger partial charge in [-0.15, -0.1) is 0 Å². The monoisotopic (exact) mass is 363 g/mol. The van der Waals surface area contributed by atoms with Gasteiger partial charge >= 0.3 is 0 Å². The molecule has 0 amide bonds. The molecule has 0 heterocycles. The van der Waals surface area contributed by atoms with E-state index in [1.807, 2.05) is 20.8 Å². The highest BCUT2D eigenvalue weighted by Gasteiger charge is 2.38. The van der Waals surface area contributed by atoms with Crippen LogP contribution >= 0.6 is 0 Å². The lowest BCUT2D eigenvalue weighted by Crippen LogP contribution is -2.43. The summed E-state index contributed by atoms with van der Waals surface area (Å²) in [5.74, 6) is 1.47. The molecule has 1 aliphatic carbocycles. The maximum Gasteiger partial charge on any atom is 0.191 e. The molecule has 1 fully saturated rings. The molecule has 2 N–H and O–H groups in total. The molecule has 0 aromatic heterocycles. The van der Waals surface area contributed by atoms with E-state index in [1.54, 1.807) is 0 Å². The molecule has 0 bridgehead atoms. The average Bonchev–Trinajstić information content (AvgIpc) is 2.53. The lowest BCUT2D eigenvalue weighted by Gasteiger charge is -2.41. The van der Waals surface area contributed by atoms with Gasteiger partial charge in [0, 0.05) is 39.8 Å². The van der Waals surface area contributed by atoms with Crippen molar-refractivity contribution >= 4 is 16.8 Å². The summed E-state index contributed by atoms with van der Waals surface area (Å²) in [7, 11) is -0.844. The Balaban J connectivity index is 1.96. The van der Waals surface area contributed by atoms with E-state index in [0.717, 1.165) is 19.0 Å². The Hall–Kier alpha value is -1.36. The Morgan fingerprint density at radius 1 is 1.20 bits per heavy atom. The molecule has 0 aliphatic heterocycles.